The third-order valence-electron chi connectivity index (χ3n) is 5.35. The zero-order valence-electron chi connectivity index (χ0n) is 17.8. The van der Waals surface area contributed by atoms with E-state index >= 15 is 0 Å². The Morgan fingerprint density at radius 3 is 2.50 bits per heavy atom. The quantitative estimate of drug-likeness (QED) is 0.403. The highest BCUT2D eigenvalue weighted by molar-refractivity contribution is 7.15. The fourth-order valence-corrected chi connectivity index (χ4v) is 4.48. The highest BCUT2D eigenvalue weighted by Crippen LogP contribution is 2.23. The normalized spacial score (nSPS) is 11.9. The molecule has 2 aromatic heterocycles. The zero-order valence-corrected chi connectivity index (χ0v) is 18.6. The number of fused-ring (bicyclic) bond motifs is 1. The molecule has 0 aliphatic heterocycles. The molecule has 0 atom stereocenters. The Balaban J connectivity index is 1.53. The highest BCUT2D eigenvalue weighted by atomic mass is 32.1. The maximum atomic E-state index is 13.2. The van der Waals surface area contributed by atoms with Crippen molar-refractivity contribution in [2.24, 2.45) is 0 Å². The first-order chi connectivity index (χ1) is 15.6. The molecule has 0 radical (unpaired) electrons. The average molecular weight is 440 g/mol. The number of hydrogen-bond acceptors (Lipinski definition) is 5. The van der Waals surface area contributed by atoms with Crippen molar-refractivity contribution >= 4 is 22.4 Å². The van der Waals surface area contributed by atoms with E-state index in [1.54, 1.807) is 4.40 Å². The predicted molar refractivity (Wildman–Crippen MR) is 128 cm³/mol. The van der Waals surface area contributed by atoms with E-state index in [1.807, 2.05) is 61.5 Å². The van der Waals surface area contributed by atoms with Crippen LogP contribution in [0.4, 0.5) is 0 Å². The molecule has 2 heterocycles. The second kappa shape index (κ2) is 8.40. The lowest BCUT2D eigenvalue weighted by molar-refractivity contribution is 0.305. The second-order valence-electron chi connectivity index (χ2n) is 7.68. The Morgan fingerprint density at radius 1 is 0.938 bits per heavy atom. The van der Waals surface area contributed by atoms with E-state index in [-0.39, 0.29) is 5.56 Å². The van der Waals surface area contributed by atoms with Crippen molar-refractivity contribution in [3.05, 3.63) is 110 Å². The molecular weight excluding hydrogens is 418 g/mol. The minimum absolute atomic E-state index is 0.124. The van der Waals surface area contributed by atoms with Crippen molar-refractivity contribution in [1.82, 2.24) is 14.6 Å². The van der Waals surface area contributed by atoms with E-state index in [0.717, 1.165) is 28.0 Å². The van der Waals surface area contributed by atoms with Gasteiger partial charge in [-0.2, -0.15) is 0 Å². The summed E-state index contributed by atoms with van der Waals surface area (Å²) in [4.78, 5) is 13.8. The lowest BCUT2D eigenvalue weighted by Gasteiger charge is -2.09. The van der Waals surface area contributed by atoms with Gasteiger partial charge in [-0.15, -0.1) is 10.2 Å². The summed E-state index contributed by atoms with van der Waals surface area (Å²) in [5, 5.41) is 8.51. The number of aryl methyl sites for hydroxylation is 2. The number of para-hydroxylation sites is 1. The Morgan fingerprint density at radius 2 is 1.69 bits per heavy atom. The Bertz CT molecular complexity index is 1520. The van der Waals surface area contributed by atoms with Gasteiger partial charge in [0.2, 0.25) is 4.96 Å². The number of ether oxygens (including phenoxy) is 1. The van der Waals surface area contributed by atoms with Gasteiger partial charge in [-0.05, 0) is 37.1 Å². The lowest BCUT2D eigenvalue weighted by Crippen LogP contribution is -2.23. The van der Waals surface area contributed by atoms with Crippen LogP contribution in [0.25, 0.3) is 22.4 Å². The van der Waals surface area contributed by atoms with E-state index in [0.29, 0.717) is 21.9 Å². The smallest absolute Gasteiger partial charge is 0.276 e. The average Bonchev–Trinajstić information content (AvgIpc) is 3.35. The summed E-state index contributed by atoms with van der Waals surface area (Å²) in [6.07, 6.45) is 1.87. The summed E-state index contributed by atoms with van der Waals surface area (Å²) >= 11 is 1.33. The minimum Gasteiger partial charge on any atom is -0.488 e. The van der Waals surface area contributed by atoms with Gasteiger partial charge in [0.05, 0.1) is 4.53 Å². The number of aromatic nitrogens is 3. The number of rotatable bonds is 5. The second-order valence-corrected chi connectivity index (χ2v) is 8.69. The molecule has 0 N–H and O–H groups in total. The van der Waals surface area contributed by atoms with Crippen molar-refractivity contribution in [3.8, 4) is 17.1 Å². The van der Waals surface area contributed by atoms with E-state index in [2.05, 4.69) is 41.4 Å². The third kappa shape index (κ3) is 3.81. The summed E-state index contributed by atoms with van der Waals surface area (Å²) in [5.74, 6) is 1.30. The number of benzene rings is 3. The van der Waals surface area contributed by atoms with Crippen LogP contribution in [0.15, 0.2) is 77.6 Å². The van der Waals surface area contributed by atoms with Gasteiger partial charge in [0.1, 0.15) is 12.4 Å². The van der Waals surface area contributed by atoms with Crippen LogP contribution >= 0.6 is 11.3 Å². The van der Waals surface area contributed by atoms with E-state index in [4.69, 9.17) is 4.74 Å². The zero-order chi connectivity index (χ0) is 22.1. The van der Waals surface area contributed by atoms with Crippen molar-refractivity contribution in [1.29, 1.82) is 0 Å². The van der Waals surface area contributed by atoms with Crippen LogP contribution in [0.5, 0.6) is 5.75 Å². The highest BCUT2D eigenvalue weighted by Gasteiger charge is 2.15. The molecule has 3 aromatic carbocycles. The number of thiazole rings is 1. The Labute approximate surface area is 189 Å². The van der Waals surface area contributed by atoms with Gasteiger partial charge in [0.25, 0.3) is 5.56 Å². The van der Waals surface area contributed by atoms with Crippen molar-refractivity contribution in [2.45, 2.75) is 20.5 Å². The van der Waals surface area contributed by atoms with E-state index < -0.39 is 0 Å². The molecular formula is C26H21N3O2S. The molecule has 32 heavy (non-hydrogen) atoms. The largest absolute Gasteiger partial charge is 0.488 e. The van der Waals surface area contributed by atoms with Crippen molar-refractivity contribution < 1.29 is 4.74 Å². The summed E-state index contributed by atoms with van der Waals surface area (Å²) in [6.45, 7) is 4.53. The Kier molecular flexibility index (Phi) is 5.29. The van der Waals surface area contributed by atoms with Gasteiger partial charge in [-0.1, -0.05) is 83.6 Å². The molecule has 6 heteroatoms. The molecule has 0 amide bonds. The van der Waals surface area contributed by atoms with E-state index in [1.165, 1.54) is 16.9 Å². The van der Waals surface area contributed by atoms with Crippen LogP contribution in [0.1, 0.15) is 22.3 Å². The summed E-state index contributed by atoms with van der Waals surface area (Å²) in [5.41, 5.74) is 5.00. The minimum atomic E-state index is -0.124. The number of nitrogens with zero attached hydrogens (tertiary/aromatic N) is 3. The van der Waals surface area contributed by atoms with Crippen LogP contribution in [0.2, 0.25) is 0 Å². The molecule has 0 saturated carbocycles. The SMILES string of the molecule is Cc1ccc(COc2ccccc2C=c2sc3nnc(-c4ccccc4C)n3c2=O)cc1. The Hall–Kier alpha value is -3.77. The van der Waals surface area contributed by atoms with Crippen LogP contribution < -0.4 is 14.8 Å². The molecule has 0 bridgehead atoms. The molecule has 5 nitrogen and oxygen atoms in total. The van der Waals surface area contributed by atoms with Gasteiger partial charge in [0, 0.05) is 11.1 Å². The summed E-state index contributed by atoms with van der Waals surface area (Å²) < 4.78 is 8.26. The molecule has 158 valence electrons. The lowest BCUT2D eigenvalue weighted by atomic mass is 10.1. The fraction of sp³-hybridized carbons (Fsp3) is 0.115. The fourth-order valence-electron chi connectivity index (χ4n) is 3.58. The van der Waals surface area contributed by atoms with Gasteiger partial charge < -0.3 is 4.74 Å². The monoisotopic (exact) mass is 439 g/mol. The van der Waals surface area contributed by atoms with Gasteiger partial charge in [-0.3, -0.25) is 4.79 Å². The van der Waals surface area contributed by atoms with Crippen LogP contribution in [0, 0.1) is 13.8 Å². The molecule has 0 spiro atoms. The topological polar surface area (TPSA) is 56.5 Å². The van der Waals surface area contributed by atoms with Gasteiger partial charge in [0.15, 0.2) is 5.82 Å². The molecule has 0 aliphatic carbocycles. The molecule has 0 aliphatic rings. The first-order valence-corrected chi connectivity index (χ1v) is 11.1. The molecule has 5 rings (SSSR count). The summed E-state index contributed by atoms with van der Waals surface area (Å²) in [6, 6.07) is 23.9. The third-order valence-corrected chi connectivity index (χ3v) is 6.31. The standard InChI is InChI=1S/C26H21N3O2S/c1-17-11-13-19(14-12-17)16-31-22-10-6-4-8-20(22)15-23-25(30)29-24(27-28-26(29)32-23)21-9-5-3-7-18(21)2/h3-15H,16H2,1-2H3. The first-order valence-electron chi connectivity index (χ1n) is 10.3. The summed E-state index contributed by atoms with van der Waals surface area (Å²) in [7, 11) is 0. The van der Waals surface area contributed by atoms with Crippen molar-refractivity contribution in [2.75, 3.05) is 0 Å². The van der Waals surface area contributed by atoms with Crippen LogP contribution in [-0.4, -0.2) is 14.6 Å². The maximum absolute atomic E-state index is 13.2. The van der Waals surface area contributed by atoms with Crippen LogP contribution in [0.3, 0.4) is 0 Å². The van der Waals surface area contributed by atoms with E-state index in [9.17, 15) is 4.79 Å². The van der Waals surface area contributed by atoms with Gasteiger partial charge >= 0.3 is 0 Å². The molecule has 0 fully saturated rings. The van der Waals surface area contributed by atoms with Gasteiger partial charge in [-0.25, -0.2) is 4.40 Å². The first kappa shape index (κ1) is 20.2. The maximum Gasteiger partial charge on any atom is 0.276 e. The molecule has 0 saturated heterocycles. The molecule has 0 unspecified atom stereocenters. The van der Waals surface area contributed by atoms with Crippen LogP contribution in [-0.2, 0) is 6.61 Å². The van der Waals surface area contributed by atoms with Crippen molar-refractivity contribution in [3.63, 3.8) is 0 Å². The predicted octanol–water partition coefficient (Wildman–Crippen LogP) is 4.56. The molecule has 5 aromatic rings. The number of hydrogen-bond donors (Lipinski definition) is 0.